The Bertz CT molecular complexity index is 1060. The third-order valence-corrected chi connectivity index (χ3v) is 5.87. The van der Waals surface area contributed by atoms with Crippen molar-refractivity contribution in [2.24, 2.45) is 5.92 Å². The van der Waals surface area contributed by atoms with E-state index in [0.29, 0.717) is 18.7 Å². The molecule has 0 aliphatic carbocycles. The summed E-state index contributed by atoms with van der Waals surface area (Å²) in [5.74, 6) is -1.14. The van der Waals surface area contributed by atoms with Gasteiger partial charge in [0.1, 0.15) is 0 Å². The molecule has 5 nitrogen and oxygen atoms in total. The number of hydrogen-bond acceptors (Lipinski definition) is 5. The monoisotopic (exact) mass is 403 g/mol. The molecule has 1 aliphatic heterocycles. The van der Waals surface area contributed by atoms with Gasteiger partial charge in [-0.2, -0.15) is 0 Å². The lowest BCUT2D eigenvalue weighted by molar-refractivity contribution is -0.145. The predicted octanol–water partition coefficient (Wildman–Crippen LogP) is 4.02. The van der Waals surface area contributed by atoms with Gasteiger partial charge in [-0.25, -0.2) is 4.79 Å². The SMILES string of the molecule is COC(=O)c1cc2ccccc2cc1C1CN(Cc2ccccc2)CC1C(=O)OC. The predicted molar refractivity (Wildman–Crippen MR) is 115 cm³/mol. The lowest BCUT2D eigenvalue weighted by atomic mass is 9.84. The highest BCUT2D eigenvalue weighted by Gasteiger charge is 2.41. The van der Waals surface area contributed by atoms with Gasteiger partial charge in [-0.3, -0.25) is 9.69 Å². The molecule has 1 fully saturated rings. The summed E-state index contributed by atoms with van der Waals surface area (Å²) in [6.07, 6.45) is 0. The molecule has 4 rings (SSSR count). The third-order valence-electron chi connectivity index (χ3n) is 5.87. The number of esters is 2. The quantitative estimate of drug-likeness (QED) is 0.603. The highest BCUT2D eigenvalue weighted by atomic mass is 16.5. The summed E-state index contributed by atoms with van der Waals surface area (Å²) in [7, 11) is 2.80. The van der Waals surface area contributed by atoms with Gasteiger partial charge in [-0.15, -0.1) is 0 Å². The van der Waals surface area contributed by atoms with E-state index in [0.717, 1.165) is 22.9 Å². The minimum Gasteiger partial charge on any atom is -0.469 e. The minimum absolute atomic E-state index is 0.153. The van der Waals surface area contributed by atoms with Crippen LogP contribution in [0.5, 0.6) is 0 Å². The first-order valence-electron chi connectivity index (χ1n) is 10.1. The lowest BCUT2D eigenvalue weighted by Crippen LogP contribution is -2.25. The first-order valence-corrected chi connectivity index (χ1v) is 10.1. The number of rotatable bonds is 5. The summed E-state index contributed by atoms with van der Waals surface area (Å²) in [5, 5.41) is 2.00. The number of ether oxygens (including phenoxy) is 2. The van der Waals surface area contributed by atoms with E-state index in [-0.39, 0.29) is 23.8 Å². The molecule has 1 saturated heterocycles. The zero-order chi connectivity index (χ0) is 21.1. The van der Waals surface area contributed by atoms with Crippen molar-refractivity contribution in [2.75, 3.05) is 27.3 Å². The maximum Gasteiger partial charge on any atom is 0.338 e. The molecule has 3 aromatic carbocycles. The van der Waals surface area contributed by atoms with Gasteiger partial charge in [0.05, 0.1) is 25.7 Å². The fourth-order valence-corrected chi connectivity index (χ4v) is 4.41. The zero-order valence-electron chi connectivity index (χ0n) is 17.2. The number of carbonyl (C=O) groups is 2. The van der Waals surface area contributed by atoms with Crippen LogP contribution in [0.2, 0.25) is 0 Å². The molecule has 1 heterocycles. The number of methoxy groups -OCH3 is 2. The molecule has 1 aliphatic rings. The van der Waals surface area contributed by atoms with Crippen molar-refractivity contribution in [1.29, 1.82) is 0 Å². The van der Waals surface area contributed by atoms with Crippen molar-refractivity contribution >= 4 is 22.7 Å². The van der Waals surface area contributed by atoms with Crippen molar-refractivity contribution in [3.8, 4) is 0 Å². The van der Waals surface area contributed by atoms with Crippen LogP contribution < -0.4 is 0 Å². The van der Waals surface area contributed by atoms with E-state index >= 15 is 0 Å². The van der Waals surface area contributed by atoms with E-state index in [1.807, 2.05) is 54.6 Å². The van der Waals surface area contributed by atoms with Gasteiger partial charge < -0.3 is 9.47 Å². The molecule has 5 heteroatoms. The third kappa shape index (κ3) is 3.94. The lowest BCUT2D eigenvalue weighted by Gasteiger charge is -2.20. The molecule has 0 spiro atoms. The first kappa shape index (κ1) is 20.1. The highest BCUT2D eigenvalue weighted by Crippen LogP contribution is 2.38. The van der Waals surface area contributed by atoms with Gasteiger partial charge in [0.25, 0.3) is 0 Å². The molecule has 3 aromatic rings. The van der Waals surface area contributed by atoms with E-state index in [4.69, 9.17) is 9.47 Å². The van der Waals surface area contributed by atoms with Crippen molar-refractivity contribution in [3.05, 3.63) is 83.4 Å². The summed E-state index contributed by atoms with van der Waals surface area (Å²) in [6, 6.07) is 22.0. The Labute approximate surface area is 176 Å². The fourth-order valence-electron chi connectivity index (χ4n) is 4.41. The van der Waals surface area contributed by atoms with Gasteiger partial charge in [0, 0.05) is 25.6 Å². The normalized spacial score (nSPS) is 19.0. The summed E-state index contributed by atoms with van der Waals surface area (Å²) < 4.78 is 10.2. The number of benzene rings is 3. The van der Waals surface area contributed by atoms with Gasteiger partial charge in [0.2, 0.25) is 0 Å². The number of likely N-dealkylation sites (tertiary alicyclic amines) is 1. The van der Waals surface area contributed by atoms with Crippen LogP contribution in [0.3, 0.4) is 0 Å². The van der Waals surface area contributed by atoms with Gasteiger partial charge >= 0.3 is 11.9 Å². The van der Waals surface area contributed by atoms with Crippen LogP contribution in [0.4, 0.5) is 0 Å². The molecular weight excluding hydrogens is 378 g/mol. The molecule has 154 valence electrons. The number of hydrogen-bond donors (Lipinski definition) is 0. The highest BCUT2D eigenvalue weighted by molar-refractivity contribution is 5.97. The second kappa shape index (κ2) is 8.67. The second-order valence-corrected chi connectivity index (χ2v) is 7.69. The summed E-state index contributed by atoms with van der Waals surface area (Å²) >= 11 is 0. The van der Waals surface area contributed by atoms with Crippen molar-refractivity contribution in [3.63, 3.8) is 0 Å². The minimum atomic E-state index is -0.388. The average molecular weight is 403 g/mol. The van der Waals surface area contributed by atoms with Crippen LogP contribution in [-0.4, -0.2) is 44.1 Å². The number of fused-ring (bicyclic) bond motifs is 1. The van der Waals surface area contributed by atoms with Gasteiger partial charge in [-0.05, 0) is 34.0 Å². The van der Waals surface area contributed by atoms with E-state index < -0.39 is 0 Å². The second-order valence-electron chi connectivity index (χ2n) is 7.69. The molecular formula is C25H25NO4. The number of nitrogens with zero attached hydrogens (tertiary/aromatic N) is 1. The average Bonchev–Trinajstić information content (AvgIpc) is 3.21. The van der Waals surface area contributed by atoms with Gasteiger partial charge in [-0.1, -0.05) is 54.6 Å². The van der Waals surface area contributed by atoms with Gasteiger partial charge in [0.15, 0.2) is 0 Å². The molecule has 0 saturated carbocycles. The summed E-state index contributed by atoms with van der Waals surface area (Å²) in [4.78, 5) is 27.5. The zero-order valence-corrected chi connectivity index (χ0v) is 17.2. The van der Waals surface area contributed by atoms with Crippen LogP contribution in [-0.2, 0) is 20.8 Å². The largest absolute Gasteiger partial charge is 0.469 e. The van der Waals surface area contributed by atoms with E-state index in [2.05, 4.69) is 17.0 Å². The van der Waals surface area contributed by atoms with Crippen LogP contribution in [0.1, 0.15) is 27.4 Å². The van der Waals surface area contributed by atoms with Crippen LogP contribution >= 0.6 is 0 Å². The van der Waals surface area contributed by atoms with E-state index in [1.54, 1.807) is 0 Å². The number of carbonyl (C=O) groups excluding carboxylic acids is 2. The fraction of sp³-hybridized carbons (Fsp3) is 0.280. The molecule has 0 N–H and O–H groups in total. The molecule has 30 heavy (non-hydrogen) atoms. The molecule has 0 bridgehead atoms. The first-order chi connectivity index (χ1) is 14.6. The van der Waals surface area contributed by atoms with E-state index in [9.17, 15) is 9.59 Å². The molecule has 0 radical (unpaired) electrons. The maximum absolute atomic E-state index is 12.6. The molecule has 0 amide bonds. The maximum atomic E-state index is 12.6. The van der Waals surface area contributed by atoms with E-state index in [1.165, 1.54) is 19.8 Å². The Morgan fingerprint density at radius 1 is 0.900 bits per heavy atom. The van der Waals surface area contributed by atoms with Crippen LogP contribution in [0, 0.1) is 5.92 Å². The van der Waals surface area contributed by atoms with Crippen molar-refractivity contribution < 1.29 is 19.1 Å². The van der Waals surface area contributed by atoms with Crippen LogP contribution in [0.15, 0.2) is 66.7 Å². The summed E-state index contributed by atoms with van der Waals surface area (Å²) in [5.41, 5.74) is 2.54. The van der Waals surface area contributed by atoms with Crippen molar-refractivity contribution in [2.45, 2.75) is 12.5 Å². The Morgan fingerprint density at radius 2 is 1.57 bits per heavy atom. The van der Waals surface area contributed by atoms with Crippen molar-refractivity contribution in [1.82, 2.24) is 4.90 Å². The smallest absolute Gasteiger partial charge is 0.338 e. The van der Waals surface area contributed by atoms with Crippen LogP contribution in [0.25, 0.3) is 10.8 Å². The Morgan fingerprint density at radius 3 is 2.23 bits per heavy atom. The standard InChI is InChI=1S/C25H25NO4/c1-29-24(27)21-13-19-11-7-6-10-18(19)12-20(21)22-15-26(16-23(22)25(28)30-2)14-17-8-4-3-5-9-17/h3-13,22-23H,14-16H2,1-2H3. The Balaban J connectivity index is 1.74. The topological polar surface area (TPSA) is 55.8 Å². The molecule has 0 aromatic heterocycles. The molecule has 2 unspecified atom stereocenters. The Hall–Kier alpha value is -3.18. The summed E-state index contributed by atoms with van der Waals surface area (Å²) in [6.45, 7) is 1.99. The Kier molecular flexibility index (Phi) is 5.81. The molecule has 2 atom stereocenters.